The van der Waals surface area contributed by atoms with Crippen LogP contribution in [-0.2, 0) is 13.1 Å². The van der Waals surface area contributed by atoms with Crippen LogP contribution in [-0.4, -0.2) is 11.9 Å². The number of guanidine groups is 1. The van der Waals surface area contributed by atoms with Crippen molar-refractivity contribution in [2.45, 2.75) is 20.0 Å². The van der Waals surface area contributed by atoms with Gasteiger partial charge in [-0.2, -0.15) is 0 Å². The maximum atomic E-state index is 12.3. The van der Waals surface area contributed by atoms with Crippen LogP contribution in [0.5, 0.6) is 0 Å². The van der Waals surface area contributed by atoms with E-state index in [4.69, 9.17) is 10.2 Å². The van der Waals surface area contributed by atoms with Gasteiger partial charge in [-0.3, -0.25) is 4.79 Å². The van der Waals surface area contributed by atoms with Crippen LogP contribution < -0.4 is 16.4 Å². The van der Waals surface area contributed by atoms with Crippen molar-refractivity contribution in [2.75, 3.05) is 5.32 Å². The quantitative estimate of drug-likeness (QED) is 0.276. The van der Waals surface area contributed by atoms with E-state index in [0.29, 0.717) is 30.4 Å². The first-order valence-corrected chi connectivity index (χ1v) is 8.63. The third-order valence-corrected chi connectivity index (χ3v) is 3.91. The summed E-state index contributed by atoms with van der Waals surface area (Å²) in [6, 6.07) is 18.8. The van der Waals surface area contributed by atoms with Crippen molar-refractivity contribution < 1.29 is 9.21 Å². The number of aryl methyl sites for hydroxylation is 1. The molecule has 1 aromatic heterocycles. The largest absolute Gasteiger partial charge is 0.467 e. The summed E-state index contributed by atoms with van der Waals surface area (Å²) in [5, 5.41) is 5.89. The monoisotopic (exact) mass is 490 g/mol. The molecular weight excluding hydrogens is 467 g/mol. The number of amides is 1. The summed E-state index contributed by atoms with van der Waals surface area (Å²) in [6.45, 7) is 2.74. The van der Waals surface area contributed by atoms with Crippen LogP contribution in [0.15, 0.2) is 76.3 Å². The van der Waals surface area contributed by atoms with Gasteiger partial charge in [-0.1, -0.05) is 24.3 Å². The van der Waals surface area contributed by atoms with E-state index in [9.17, 15) is 4.79 Å². The van der Waals surface area contributed by atoms with Gasteiger partial charge < -0.3 is 20.8 Å². The number of rotatable bonds is 6. The number of nitrogens with one attached hydrogen (secondary N) is 2. The molecule has 3 rings (SSSR count). The number of nitrogens with zero attached hydrogens (tertiary/aromatic N) is 1. The van der Waals surface area contributed by atoms with Crippen molar-refractivity contribution in [3.63, 3.8) is 0 Å². The minimum absolute atomic E-state index is 0. The first-order valence-electron chi connectivity index (χ1n) is 8.63. The second-order valence-electron chi connectivity index (χ2n) is 6.16. The Kier molecular flexibility index (Phi) is 8.06. The van der Waals surface area contributed by atoms with Gasteiger partial charge >= 0.3 is 0 Å². The molecule has 0 bridgehead atoms. The molecule has 6 nitrogen and oxygen atoms in total. The lowest BCUT2D eigenvalue weighted by Gasteiger charge is -2.07. The van der Waals surface area contributed by atoms with E-state index in [-0.39, 0.29) is 29.9 Å². The highest BCUT2D eigenvalue weighted by molar-refractivity contribution is 14.0. The van der Waals surface area contributed by atoms with Crippen molar-refractivity contribution in [1.29, 1.82) is 0 Å². The fourth-order valence-corrected chi connectivity index (χ4v) is 2.58. The number of halogens is 1. The third kappa shape index (κ3) is 6.41. The molecule has 0 aliphatic heterocycles. The molecule has 4 N–H and O–H groups in total. The molecule has 0 aliphatic rings. The predicted octanol–water partition coefficient (Wildman–Crippen LogP) is 4.06. The zero-order valence-electron chi connectivity index (χ0n) is 15.5. The van der Waals surface area contributed by atoms with Crippen molar-refractivity contribution in [2.24, 2.45) is 10.7 Å². The molecule has 146 valence electrons. The van der Waals surface area contributed by atoms with Gasteiger partial charge in [-0.05, 0) is 54.4 Å². The molecule has 28 heavy (non-hydrogen) atoms. The second kappa shape index (κ2) is 10.5. The van der Waals surface area contributed by atoms with E-state index < -0.39 is 0 Å². The van der Waals surface area contributed by atoms with E-state index in [1.807, 2.05) is 49.4 Å². The SMILES string of the molecule is Cc1cccc(NC(N)=NCc2cccc(C(=O)NCc3ccco3)c2)c1.I. The maximum Gasteiger partial charge on any atom is 0.251 e. The van der Waals surface area contributed by atoms with Crippen molar-refractivity contribution in [3.8, 4) is 0 Å². The summed E-state index contributed by atoms with van der Waals surface area (Å²) in [5.74, 6) is 0.871. The Morgan fingerprint density at radius 2 is 1.93 bits per heavy atom. The van der Waals surface area contributed by atoms with E-state index in [1.165, 1.54) is 0 Å². The molecule has 0 saturated heterocycles. The molecular formula is C21H23IN4O2. The molecule has 3 aromatic rings. The Hall–Kier alpha value is -2.81. The van der Waals surface area contributed by atoms with Gasteiger partial charge in [0.25, 0.3) is 5.91 Å². The van der Waals surface area contributed by atoms with E-state index >= 15 is 0 Å². The summed E-state index contributed by atoms with van der Waals surface area (Å²) in [4.78, 5) is 16.6. The van der Waals surface area contributed by atoms with Crippen LogP contribution in [0.25, 0.3) is 0 Å². The number of carbonyl (C=O) groups is 1. The number of nitrogens with two attached hydrogens (primary N) is 1. The highest BCUT2D eigenvalue weighted by Gasteiger charge is 2.07. The third-order valence-electron chi connectivity index (χ3n) is 3.91. The molecule has 0 saturated carbocycles. The molecule has 1 amide bonds. The zero-order valence-corrected chi connectivity index (χ0v) is 17.8. The van der Waals surface area contributed by atoms with Crippen LogP contribution in [0.2, 0.25) is 0 Å². The Labute approximate surface area is 181 Å². The van der Waals surface area contributed by atoms with Crippen molar-refractivity contribution in [3.05, 3.63) is 89.4 Å². The topological polar surface area (TPSA) is 92.6 Å². The van der Waals surface area contributed by atoms with Crippen molar-refractivity contribution >= 4 is 41.5 Å². The van der Waals surface area contributed by atoms with Crippen LogP contribution in [0.1, 0.15) is 27.2 Å². The van der Waals surface area contributed by atoms with Gasteiger partial charge in [-0.25, -0.2) is 4.99 Å². The molecule has 1 heterocycles. The van der Waals surface area contributed by atoms with E-state index in [2.05, 4.69) is 15.6 Å². The van der Waals surface area contributed by atoms with Crippen LogP contribution >= 0.6 is 24.0 Å². The molecule has 2 aromatic carbocycles. The molecule has 7 heteroatoms. The average molecular weight is 490 g/mol. The van der Waals surface area contributed by atoms with Crippen LogP contribution in [0.3, 0.4) is 0 Å². The summed E-state index contributed by atoms with van der Waals surface area (Å²) in [7, 11) is 0. The Bertz CT molecular complexity index is 939. The normalized spacial score (nSPS) is 10.8. The number of anilines is 1. The van der Waals surface area contributed by atoms with Gasteiger partial charge in [0.1, 0.15) is 5.76 Å². The van der Waals surface area contributed by atoms with Gasteiger partial charge in [0, 0.05) is 11.3 Å². The minimum atomic E-state index is -0.164. The molecule has 0 fully saturated rings. The maximum absolute atomic E-state index is 12.3. The summed E-state index contributed by atoms with van der Waals surface area (Å²) in [5.41, 5.74) is 9.45. The Morgan fingerprint density at radius 3 is 2.68 bits per heavy atom. The second-order valence-corrected chi connectivity index (χ2v) is 6.16. The summed E-state index contributed by atoms with van der Waals surface area (Å²) >= 11 is 0. The lowest BCUT2D eigenvalue weighted by atomic mass is 10.1. The van der Waals surface area contributed by atoms with Crippen molar-refractivity contribution in [1.82, 2.24) is 5.32 Å². The highest BCUT2D eigenvalue weighted by Crippen LogP contribution is 2.10. The zero-order chi connectivity index (χ0) is 19.1. The van der Waals surface area contributed by atoms with E-state index in [1.54, 1.807) is 24.5 Å². The fraction of sp³-hybridized carbons (Fsp3) is 0.143. The van der Waals surface area contributed by atoms with Crippen LogP contribution in [0, 0.1) is 6.92 Å². The van der Waals surface area contributed by atoms with Gasteiger partial charge in [0.2, 0.25) is 0 Å². The van der Waals surface area contributed by atoms with Crippen LogP contribution in [0.4, 0.5) is 5.69 Å². The first kappa shape index (κ1) is 21.5. The molecule has 0 spiro atoms. The number of aliphatic imine (C=N–C) groups is 1. The van der Waals surface area contributed by atoms with E-state index in [0.717, 1.165) is 16.8 Å². The number of furan rings is 1. The molecule has 0 aliphatic carbocycles. The standard InChI is InChI=1S/C21H22N4O2.HI/c1-15-5-2-8-18(11-15)25-21(22)24-13-16-6-3-7-17(12-16)20(26)23-14-19-9-4-10-27-19;/h2-12H,13-14H2,1H3,(H,23,26)(H3,22,24,25);1H. The van der Waals surface area contributed by atoms with Gasteiger partial charge in [0.15, 0.2) is 5.96 Å². The number of benzene rings is 2. The molecule has 0 atom stereocenters. The molecule has 0 unspecified atom stereocenters. The lowest BCUT2D eigenvalue weighted by Crippen LogP contribution is -2.23. The number of hydrogen-bond donors (Lipinski definition) is 3. The van der Waals surface area contributed by atoms with Gasteiger partial charge in [-0.15, -0.1) is 24.0 Å². The fourth-order valence-electron chi connectivity index (χ4n) is 2.58. The number of carbonyl (C=O) groups excluding carboxylic acids is 1. The lowest BCUT2D eigenvalue weighted by molar-refractivity contribution is 0.0948. The number of hydrogen-bond acceptors (Lipinski definition) is 3. The predicted molar refractivity (Wildman–Crippen MR) is 122 cm³/mol. The smallest absolute Gasteiger partial charge is 0.251 e. The first-order chi connectivity index (χ1) is 13.1. The highest BCUT2D eigenvalue weighted by atomic mass is 127. The Balaban J connectivity index is 0.00000280. The summed E-state index contributed by atoms with van der Waals surface area (Å²) in [6.07, 6.45) is 1.58. The Morgan fingerprint density at radius 1 is 1.11 bits per heavy atom. The van der Waals surface area contributed by atoms with Gasteiger partial charge in [0.05, 0.1) is 19.4 Å². The summed E-state index contributed by atoms with van der Waals surface area (Å²) < 4.78 is 5.21. The molecule has 0 radical (unpaired) electrons. The minimum Gasteiger partial charge on any atom is -0.467 e. The average Bonchev–Trinajstić information content (AvgIpc) is 3.18.